The number of hydrogen-bond donors (Lipinski definition) is 0. The molecule has 2 aromatic carbocycles. The van der Waals surface area contributed by atoms with Gasteiger partial charge in [-0.1, -0.05) is 42.5 Å². The Labute approximate surface area is 140 Å². The molecule has 0 unspecified atom stereocenters. The lowest BCUT2D eigenvalue weighted by atomic mass is 10.1. The molecule has 0 fully saturated rings. The molecule has 0 radical (unpaired) electrons. The summed E-state index contributed by atoms with van der Waals surface area (Å²) in [5.74, 6) is -1.68. The third kappa shape index (κ3) is 4.20. The van der Waals surface area contributed by atoms with Gasteiger partial charge in [-0.25, -0.2) is 13.2 Å². The van der Waals surface area contributed by atoms with Gasteiger partial charge in [0.05, 0.1) is 25.6 Å². The van der Waals surface area contributed by atoms with Gasteiger partial charge in [0.2, 0.25) is 10.0 Å². The average Bonchev–Trinajstić information content (AvgIpc) is 2.58. The van der Waals surface area contributed by atoms with Crippen molar-refractivity contribution in [3.05, 3.63) is 65.7 Å². The molecule has 6 nitrogen and oxygen atoms in total. The van der Waals surface area contributed by atoms with Gasteiger partial charge < -0.3 is 4.74 Å². The highest BCUT2D eigenvalue weighted by molar-refractivity contribution is 7.92. The Morgan fingerprint density at radius 2 is 1.58 bits per heavy atom. The highest BCUT2D eigenvalue weighted by Gasteiger charge is 2.19. The van der Waals surface area contributed by atoms with E-state index in [0.717, 1.165) is 13.4 Å². The van der Waals surface area contributed by atoms with Crippen molar-refractivity contribution in [3.63, 3.8) is 0 Å². The van der Waals surface area contributed by atoms with Crippen LogP contribution in [0.5, 0.6) is 0 Å². The molecule has 7 heteroatoms. The summed E-state index contributed by atoms with van der Waals surface area (Å²) in [6.45, 7) is 0.121. The number of esters is 1. The number of methoxy groups -OCH3 is 1. The number of benzene rings is 2. The van der Waals surface area contributed by atoms with Crippen LogP contribution in [0, 0.1) is 0 Å². The van der Waals surface area contributed by atoms with Crippen LogP contribution in [0.2, 0.25) is 0 Å². The Bertz CT molecular complexity index is 829. The van der Waals surface area contributed by atoms with E-state index in [1.165, 1.54) is 16.4 Å². The van der Waals surface area contributed by atoms with Crippen molar-refractivity contribution in [3.8, 4) is 0 Å². The van der Waals surface area contributed by atoms with Gasteiger partial charge >= 0.3 is 5.97 Å². The van der Waals surface area contributed by atoms with Crippen LogP contribution in [-0.4, -0.2) is 33.5 Å². The Hall–Kier alpha value is -2.67. The fraction of sp³-hybridized carbons (Fsp3) is 0.176. The second-order valence-corrected chi connectivity index (χ2v) is 7.03. The van der Waals surface area contributed by atoms with Crippen molar-refractivity contribution in [1.82, 2.24) is 0 Å². The number of rotatable bonds is 6. The molecule has 126 valence electrons. The first-order chi connectivity index (χ1) is 11.3. The zero-order valence-electron chi connectivity index (χ0n) is 13.3. The molecule has 24 heavy (non-hydrogen) atoms. The van der Waals surface area contributed by atoms with Gasteiger partial charge in [0.1, 0.15) is 0 Å². The zero-order valence-corrected chi connectivity index (χ0v) is 14.1. The highest BCUT2D eigenvalue weighted by Crippen LogP contribution is 2.20. The topological polar surface area (TPSA) is 80.8 Å². The van der Waals surface area contributed by atoms with Crippen LogP contribution in [0.1, 0.15) is 15.9 Å². The van der Waals surface area contributed by atoms with E-state index in [2.05, 4.69) is 4.74 Å². The number of anilines is 1. The SMILES string of the molecule is COC(=O)C(=O)c1ccc(CN(c2ccccc2)S(C)(=O)=O)cc1. The normalized spacial score (nSPS) is 10.9. The first-order valence-corrected chi connectivity index (χ1v) is 8.92. The maximum atomic E-state index is 12.1. The first kappa shape index (κ1) is 17.7. The smallest absolute Gasteiger partial charge is 0.379 e. The molecule has 0 saturated heterocycles. The van der Waals surface area contributed by atoms with Crippen LogP contribution >= 0.6 is 0 Å². The third-order valence-corrected chi connectivity index (χ3v) is 4.50. The fourth-order valence-electron chi connectivity index (χ4n) is 2.13. The average molecular weight is 347 g/mol. The zero-order chi connectivity index (χ0) is 17.7. The summed E-state index contributed by atoms with van der Waals surface area (Å²) in [6.07, 6.45) is 1.13. The first-order valence-electron chi connectivity index (χ1n) is 7.07. The molecule has 0 amide bonds. The number of carbonyl (C=O) groups excluding carboxylic acids is 2. The highest BCUT2D eigenvalue weighted by atomic mass is 32.2. The van der Waals surface area contributed by atoms with Gasteiger partial charge in [-0.15, -0.1) is 0 Å². The minimum atomic E-state index is -3.47. The van der Waals surface area contributed by atoms with Crippen LogP contribution < -0.4 is 4.31 Å². The van der Waals surface area contributed by atoms with Gasteiger partial charge in [0.25, 0.3) is 5.78 Å². The summed E-state index contributed by atoms with van der Waals surface area (Å²) in [6, 6.07) is 14.9. The van der Waals surface area contributed by atoms with E-state index in [-0.39, 0.29) is 12.1 Å². The van der Waals surface area contributed by atoms with Crippen LogP contribution in [0.3, 0.4) is 0 Å². The largest absolute Gasteiger partial charge is 0.463 e. The monoisotopic (exact) mass is 347 g/mol. The number of hydrogen-bond acceptors (Lipinski definition) is 5. The van der Waals surface area contributed by atoms with Crippen molar-refractivity contribution in [2.75, 3.05) is 17.7 Å². The van der Waals surface area contributed by atoms with Crippen molar-refractivity contribution in [2.45, 2.75) is 6.54 Å². The molecule has 2 aromatic rings. The quantitative estimate of drug-likeness (QED) is 0.454. The molecule has 0 aliphatic heterocycles. The summed E-state index contributed by atoms with van der Waals surface area (Å²) >= 11 is 0. The van der Waals surface area contributed by atoms with Gasteiger partial charge in [-0.3, -0.25) is 9.10 Å². The third-order valence-electron chi connectivity index (χ3n) is 3.36. The van der Waals surface area contributed by atoms with E-state index in [4.69, 9.17) is 0 Å². The van der Waals surface area contributed by atoms with Gasteiger partial charge in [0.15, 0.2) is 0 Å². The molecule has 0 bridgehead atoms. The lowest BCUT2D eigenvalue weighted by Crippen LogP contribution is -2.29. The van der Waals surface area contributed by atoms with Crippen LogP contribution in [0.4, 0.5) is 5.69 Å². The predicted octanol–water partition coefficient (Wildman–Crippen LogP) is 2.01. The number of para-hydroxylation sites is 1. The van der Waals surface area contributed by atoms with E-state index >= 15 is 0 Å². The molecular weight excluding hydrogens is 330 g/mol. The molecule has 0 aromatic heterocycles. The minimum Gasteiger partial charge on any atom is -0.463 e. The summed E-state index contributed by atoms with van der Waals surface area (Å²) in [4.78, 5) is 22.9. The van der Waals surface area contributed by atoms with E-state index in [1.54, 1.807) is 42.5 Å². The number of nitrogens with zero attached hydrogens (tertiary/aromatic N) is 1. The number of ketones is 1. The van der Waals surface area contributed by atoms with E-state index in [1.807, 2.05) is 0 Å². The second kappa shape index (κ2) is 7.27. The fourth-order valence-corrected chi connectivity index (χ4v) is 3.02. The molecule has 2 rings (SSSR count). The van der Waals surface area contributed by atoms with Gasteiger partial charge in [-0.05, 0) is 17.7 Å². The summed E-state index contributed by atoms with van der Waals surface area (Å²) in [5.41, 5.74) is 1.43. The molecule has 0 heterocycles. The van der Waals surface area contributed by atoms with E-state index < -0.39 is 21.8 Å². The van der Waals surface area contributed by atoms with Crippen LogP contribution in [0.25, 0.3) is 0 Å². The van der Waals surface area contributed by atoms with Crippen molar-refractivity contribution in [2.24, 2.45) is 0 Å². The lowest BCUT2D eigenvalue weighted by molar-refractivity contribution is -0.135. The Balaban J connectivity index is 2.25. The van der Waals surface area contributed by atoms with Crippen molar-refractivity contribution >= 4 is 27.5 Å². The molecule has 0 saturated carbocycles. The molecule has 0 aliphatic carbocycles. The van der Waals surface area contributed by atoms with Crippen molar-refractivity contribution < 1.29 is 22.7 Å². The maximum absolute atomic E-state index is 12.1. The maximum Gasteiger partial charge on any atom is 0.379 e. The summed E-state index contributed by atoms with van der Waals surface area (Å²) in [5, 5.41) is 0. The van der Waals surface area contributed by atoms with Crippen LogP contribution in [-0.2, 0) is 26.1 Å². The number of carbonyl (C=O) groups is 2. The van der Waals surface area contributed by atoms with Crippen LogP contribution in [0.15, 0.2) is 54.6 Å². The van der Waals surface area contributed by atoms with Gasteiger partial charge in [0, 0.05) is 5.56 Å². The molecule has 0 spiro atoms. The Morgan fingerprint density at radius 3 is 2.08 bits per heavy atom. The number of sulfonamides is 1. The van der Waals surface area contributed by atoms with Crippen molar-refractivity contribution in [1.29, 1.82) is 0 Å². The molecule has 0 aliphatic rings. The van der Waals surface area contributed by atoms with Gasteiger partial charge in [-0.2, -0.15) is 0 Å². The lowest BCUT2D eigenvalue weighted by Gasteiger charge is -2.22. The van der Waals surface area contributed by atoms with E-state index in [0.29, 0.717) is 11.3 Å². The standard InChI is InChI=1S/C17H17NO5S/c1-23-17(20)16(19)14-10-8-13(9-11-14)12-18(24(2,21)22)15-6-4-3-5-7-15/h3-11H,12H2,1-2H3. The summed E-state index contributed by atoms with van der Waals surface area (Å²) < 4.78 is 29.8. The Kier molecular flexibility index (Phi) is 5.35. The predicted molar refractivity (Wildman–Crippen MR) is 90.3 cm³/mol. The number of ether oxygens (including phenoxy) is 1. The van der Waals surface area contributed by atoms with E-state index in [9.17, 15) is 18.0 Å². The molecule has 0 atom stereocenters. The summed E-state index contributed by atoms with van der Waals surface area (Å²) in [7, 11) is -2.33. The minimum absolute atomic E-state index is 0.121. The Morgan fingerprint density at radius 1 is 1.00 bits per heavy atom. The molecule has 0 N–H and O–H groups in total. The number of Topliss-reactive ketones (excluding diaryl/α,β-unsaturated/α-hetero) is 1. The molecular formula is C17H17NO5S. The second-order valence-electron chi connectivity index (χ2n) is 5.12.